The second-order valence-corrected chi connectivity index (χ2v) is 15.3. The topological polar surface area (TPSA) is 335 Å². The Labute approximate surface area is 363 Å². The molecule has 0 aliphatic carbocycles. The van der Waals surface area contributed by atoms with Crippen molar-refractivity contribution in [1.82, 2.24) is 20.4 Å². The minimum Gasteiger partial charge on any atom is -0.462 e. The number of oxime groups is 2. The number of nitrogens with zero attached hydrogens (tertiary/aromatic N) is 4. The van der Waals surface area contributed by atoms with Gasteiger partial charge < -0.3 is 64.3 Å². The zero-order valence-electron chi connectivity index (χ0n) is 33.5. The normalized spacial score (nSPS) is 21.7. The largest absolute Gasteiger partial charge is 0.462 e. The van der Waals surface area contributed by atoms with Crippen LogP contribution in [0, 0.1) is 0 Å². The number of nitrogens with one attached hydrogen (secondary N) is 2. The molecule has 4 aliphatic heterocycles. The molecule has 6 rings (SSSR count). The number of esters is 2. The third kappa shape index (κ3) is 9.89. The van der Waals surface area contributed by atoms with Gasteiger partial charge in [-0.25, -0.2) is 19.2 Å². The Balaban J connectivity index is 1.12. The van der Waals surface area contributed by atoms with Gasteiger partial charge >= 0.3 is 24.1 Å². The van der Waals surface area contributed by atoms with Gasteiger partial charge in [0, 0.05) is 22.7 Å². The highest BCUT2D eigenvalue weighted by Gasteiger charge is 2.56. The van der Waals surface area contributed by atoms with Crippen molar-refractivity contribution >= 4 is 82.7 Å². The first-order valence-corrected chi connectivity index (χ1v) is 20.4. The number of rotatable bonds is 18. The fourth-order valence-electron chi connectivity index (χ4n) is 6.45. The van der Waals surface area contributed by atoms with Crippen LogP contribution in [-0.2, 0) is 62.1 Å². The number of fused-ring (bicyclic) bond motifs is 2. The summed E-state index contributed by atoms with van der Waals surface area (Å²) in [6.07, 6.45) is -2.64. The molecule has 27 heteroatoms. The minimum atomic E-state index is -1.48. The lowest BCUT2D eigenvalue weighted by atomic mass is 10.0. The Hall–Kier alpha value is -7.00. The fraction of sp³-hybridized carbons (Fsp3) is 0.389. The molecule has 25 nitrogen and oxygen atoms in total. The lowest BCUT2D eigenvalue weighted by Gasteiger charge is -2.49. The maximum Gasteiger partial charge on any atom is 0.404 e. The predicted octanol–water partition coefficient (Wildman–Crippen LogP) is -0.433. The highest BCUT2D eigenvalue weighted by Crippen LogP contribution is 2.42. The number of hydrogen-bond acceptors (Lipinski definition) is 21. The Morgan fingerprint density at radius 1 is 0.730 bits per heavy atom. The summed E-state index contributed by atoms with van der Waals surface area (Å²) in [7, 11) is 2.43. The van der Waals surface area contributed by atoms with Gasteiger partial charge in [-0.3, -0.25) is 29.0 Å². The van der Waals surface area contributed by atoms with Crippen molar-refractivity contribution in [2.45, 2.75) is 49.3 Å². The summed E-state index contributed by atoms with van der Waals surface area (Å²) < 4.78 is 36.9. The van der Waals surface area contributed by atoms with E-state index in [9.17, 15) is 38.4 Å². The van der Waals surface area contributed by atoms with Crippen LogP contribution in [0.2, 0.25) is 0 Å². The molecular formula is C36H38N8O17S2. The molecule has 6 amide bonds. The minimum absolute atomic E-state index is 0.0286. The molecule has 0 bridgehead atoms. The summed E-state index contributed by atoms with van der Waals surface area (Å²) >= 11 is 2.28. The number of ether oxygens (including phenoxy) is 5. The van der Waals surface area contributed by atoms with Gasteiger partial charge in [0.1, 0.15) is 61.7 Å². The second kappa shape index (κ2) is 19.8. The van der Waals surface area contributed by atoms with Crippen LogP contribution in [0.4, 0.5) is 9.59 Å². The van der Waals surface area contributed by atoms with Crippen LogP contribution in [0.15, 0.2) is 78.5 Å². The van der Waals surface area contributed by atoms with Crippen molar-refractivity contribution in [3.63, 3.8) is 0 Å². The standard InChI is InChI=1S/C36H38N8O17S2/c1-15(60-33(49)25-17(11-57-35(37)51)13-62-31-23(29(47)43(25)31)39-27(45)21(41-53-3)19-7-5-9-55-19)59-16(2)61-34(50)26-18(12-58-36(38)52)14-63-32-24(30(48)44(26)32)40-28(46)22(42-54-4)20-8-6-10-56-20/h5-10,15-16,23-24,31-32H,11-14H2,1-4H3,(H2,37,51)(H2,38,52)(H,39,45)(H,40,46)/b41-21-,42-22-. The summed E-state index contributed by atoms with van der Waals surface area (Å²) in [4.78, 5) is 115. The summed E-state index contributed by atoms with van der Waals surface area (Å²) in [5.74, 6) is -5.12. The van der Waals surface area contributed by atoms with Crippen LogP contribution < -0.4 is 22.1 Å². The highest BCUT2D eigenvalue weighted by molar-refractivity contribution is 8.00. The molecule has 0 saturated carbocycles. The number of thioether (sulfide) groups is 2. The van der Waals surface area contributed by atoms with E-state index in [2.05, 4.69) is 20.9 Å². The van der Waals surface area contributed by atoms with Gasteiger partial charge in [0.15, 0.2) is 11.5 Å². The smallest absolute Gasteiger partial charge is 0.404 e. The summed E-state index contributed by atoms with van der Waals surface area (Å²) in [5, 5.41) is 10.8. The number of nitrogens with two attached hydrogens (primary N) is 2. The van der Waals surface area contributed by atoms with Crippen molar-refractivity contribution < 1.29 is 80.6 Å². The van der Waals surface area contributed by atoms with E-state index in [0.29, 0.717) is 0 Å². The first-order valence-electron chi connectivity index (χ1n) is 18.3. The predicted molar refractivity (Wildman–Crippen MR) is 212 cm³/mol. The summed E-state index contributed by atoms with van der Waals surface area (Å²) in [6, 6.07) is 3.67. The average Bonchev–Trinajstić information content (AvgIpc) is 3.99. The zero-order valence-corrected chi connectivity index (χ0v) is 35.1. The molecule has 6 heterocycles. The number of β-lactam (4-membered cyclic amide) rings is 2. The van der Waals surface area contributed by atoms with E-state index >= 15 is 0 Å². The lowest BCUT2D eigenvalue weighted by molar-refractivity contribution is -0.225. The third-order valence-corrected chi connectivity index (χ3v) is 11.7. The number of carbonyl (C=O) groups excluding carboxylic acids is 8. The molecule has 63 heavy (non-hydrogen) atoms. The fourth-order valence-corrected chi connectivity index (χ4v) is 9.10. The van der Waals surface area contributed by atoms with Crippen molar-refractivity contribution in [2.75, 3.05) is 38.9 Å². The van der Waals surface area contributed by atoms with Crippen molar-refractivity contribution in [2.24, 2.45) is 21.8 Å². The third-order valence-electron chi connectivity index (χ3n) is 9.07. The molecule has 0 spiro atoms. The van der Waals surface area contributed by atoms with E-state index in [4.69, 9.17) is 53.7 Å². The van der Waals surface area contributed by atoms with Crippen LogP contribution in [0.25, 0.3) is 0 Å². The Morgan fingerprint density at radius 3 is 1.46 bits per heavy atom. The zero-order chi connectivity index (χ0) is 45.5. The Bertz CT molecular complexity index is 2120. The summed E-state index contributed by atoms with van der Waals surface area (Å²) in [5.41, 5.74) is 9.45. The van der Waals surface area contributed by atoms with Crippen LogP contribution in [0.5, 0.6) is 0 Å². The van der Waals surface area contributed by atoms with Crippen LogP contribution in [0.3, 0.4) is 0 Å². The highest BCUT2D eigenvalue weighted by atomic mass is 32.2. The molecule has 6 unspecified atom stereocenters. The van der Waals surface area contributed by atoms with E-state index < -0.39 is 96.4 Å². The van der Waals surface area contributed by atoms with Gasteiger partial charge in [-0.15, -0.1) is 23.5 Å². The first kappa shape index (κ1) is 45.5. The van der Waals surface area contributed by atoms with Crippen LogP contribution >= 0.6 is 23.5 Å². The Morgan fingerprint density at radius 2 is 1.13 bits per heavy atom. The second-order valence-electron chi connectivity index (χ2n) is 13.1. The number of primary amides is 2. The van der Waals surface area contributed by atoms with E-state index in [1.54, 1.807) is 0 Å². The summed E-state index contributed by atoms with van der Waals surface area (Å²) in [6.45, 7) is 1.57. The van der Waals surface area contributed by atoms with Crippen molar-refractivity contribution in [3.05, 3.63) is 70.9 Å². The molecule has 6 atom stereocenters. The van der Waals surface area contributed by atoms with Gasteiger partial charge in [0.05, 0.1) is 12.5 Å². The van der Waals surface area contributed by atoms with E-state index in [0.717, 1.165) is 33.3 Å². The quantitative estimate of drug-likeness (QED) is 0.0368. The molecule has 0 aromatic carbocycles. The molecule has 2 fully saturated rings. The molecule has 6 N–H and O–H groups in total. The maximum absolute atomic E-state index is 13.7. The first-order chi connectivity index (χ1) is 30.1. The van der Waals surface area contributed by atoms with E-state index in [1.165, 1.54) is 64.9 Å². The van der Waals surface area contributed by atoms with Crippen molar-refractivity contribution in [1.29, 1.82) is 0 Å². The van der Waals surface area contributed by atoms with E-state index in [-0.39, 0.29) is 57.0 Å². The Kier molecular flexibility index (Phi) is 14.3. The van der Waals surface area contributed by atoms with Crippen LogP contribution in [-0.4, -0.2) is 143 Å². The van der Waals surface area contributed by atoms with E-state index in [1.807, 2.05) is 0 Å². The van der Waals surface area contributed by atoms with Gasteiger partial charge in [-0.05, 0) is 38.1 Å². The van der Waals surface area contributed by atoms with Gasteiger partial charge in [-0.2, -0.15) is 0 Å². The van der Waals surface area contributed by atoms with Gasteiger partial charge in [-0.1, -0.05) is 10.3 Å². The number of amides is 6. The molecule has 4 aliphatic rings. The van der Waals surface area contributed by atoms with Crippen molar-refractivity contribution in [3.8, 4) is 0 Å². The van der Waals surface area contributed by atoms with Crippen LogP contribution in [0.1, 0.15) is 25.4 Å². The molecule has 2 aromatic rings. The molecule has 2 saturated heterocycles. The number of furan rings is 2. The van der Waals surface area contributed by atoms with Gasteiger partial charge in [0.25, 0.3) is 23.6 Å². The average molecular weight is 919 g/mol. The molecule has 0 radical (unpaired) electrons. The lowest BCUT2D eigenvalue weighted by Crippen LogP contribution is -2.71. The number of carbonyl (C=O) groups is 8. The molecule has 2 aromatic heterocycles. The maximum atomic E-state index is 13.7. The monoisotopic (exact) mass is 918 g/mol. The number of hydrogen-bond donors (Lipinski definition) is 4. The molecular weight excluding hydrogens is 881 g/mol. The van der Waals surface area contributed by atoms with Gasteiger partial charge in [0.2, 0.25) is 24.0 Å². The molecule has 336 valence electrons. The SMILES string of the molecule is CO/N=C(\C(=O)NC1C(=O)N2C(C(=O)OC(C)OC(C)OC(=O)C3=C(COC(N)=O)CSC4C(NC(=O)/C(=N\OC)c5ccco5)C(=O)N34)=C(COC(N)=O)CSC12)c1ccco1.